The molecule has 0 spiro atoms. The molecule has 58 heavy (non-hydrogen) atoms. The minimum Gasteiger partial charge on any atom is -0.465 e. The van der Waals surface area contributed by atoms with E-state index in [2.05, 4.69) is 32.6 Å². The summed E-state index contributed by atoms with van der Waals surface area (Å²) in [6.07, 6.45) is 43.5. The zero-order valence-corrected chi connectivity index (χ0v) is 40.9. The first-order valence-electron chi connectivity index (χ1n) is 25.2. The zero-order chi connectivity index (χ0) is 43.4. The first kappa shape index (κ1) is 61.9. The van der Waals surface area contributed by atoms with Crippen LogP contribution in [0.3, 0.4) is 0 Å². The van der Waals surface area contributed by atoms with Gasteiger partial charge in [-0.05, 0) is 103 Å². The molecule has 0 fully saturated rings. The lowest BCUT2D eigenvalue weighted by Gasteiger charge is -2.22. The highest BCUT2D eigenvalue weighted by Gasteiger charge is 2.19. The predicted octanol–water partition coefficient (Wildman–Crippen LogP) is 14.1. The summed E-state index contributed by atoms with van der Waals surface area (Å²) in [6, 6.07) is 0. The highest BCUT2D eigenvalue weighted by molar-refractivity contribution is 7.97. The predicted molar refractivity (Wildman–Crippen MR) is 256 cm³/mol. The number of rotatable bonds is 44. The fourth-order valence-corrected chi connectivity index (χ4v) is 7.14. The Morgan fingerprint density at radius 2 is 0.793 bits per heavy atom. The number of carbonyl (C=O) groups is 1. The van der Waals surface area contributed by atoms with Crippen LogP contribution in [0.2, 0.25) is 0 Å². The lowest BCUT2D eigenvalue weighted by molar-refractivity contribution is -0.149. The maximum absolute atomic E-state index is 12.8. The van der Waals surface area contributed by atoms with Crippen molar-refractivity contribution in [1.29, 1.82) is 0 Å². The minimum atomic E-state index is -0.526. The van der Waals surface area contributed by atoms with Crippen LogP contribution in [0.1, 0.15) is 246 Å². The third-order valence-corrected chi connectivity index (χ3v) is 10.9. The van der Waals surface area contributed by atoms with Gasteiger partial charge in [-0.25, -0.2) is 0 Å². The fraction of sp³-hybridized carbons (Fsp3) is 0.980. The second-order valence-corrected chi connectivity index (χ2v) is 17.6. The molecule has 0 saturated carbocycles. The van der Waals surface area contributed by atoms with Crippen LogP contribution in [-0.4, -0.2) is 91.1 Å². The first-order valence-corrected chi connectivity index (χ1v) is 26.9. The van der Waals surface area contributed by atoms with Crippen LogP contribution in [-0.2, 0) is 14.3 Å². The number of unbranched alkanes of at least 4 members (excludes halogenated alkanes) is 24. The number of hydrogen-bond acceptors (Lipinski definition) is 8. The van der Waals surface area contributed by atoms with Gasteiger partial charge in [-0.3, -0.25) is 4.79 Å². The van der Waals surface area contributed by atoms with Crippen molar-refractivity contribution in [2.24, 2.45) is 5.92 Å². The summed E-state index contributed by atoms with van der Waals surface area (Å²) in [5.74, 6) is 0.161. The third-order valence-electron chi connectivity index (χ3n) is 10.9. The molecule has 2 unspecified atom stereocenters. The van der Waals surface area contributed by atoms with E-state index in [9.17, 15) is 9.90 Å². The van der Waals surface area contributed by atoms with Crippen molar-refractivity contribution >= 4 is 17.7 Å². The van der Waals surface area contributed by atoms with Gasteiger partial charge in [0, 0.05) is 19.8 Å². The van der Waals surface area contributed by atoms with Crippen LogP contribution >= 0.6 is 11.8 Å². The maximum atomic E-state index is 12.8. The Balaban J connectivity index is -0.00000120. The number of hydrogen-bond donors (Lipinski definition) is 3. The molecular formula is C50H105NO6S. The number of thioether (sulfide) groups is 1. The largest absolute Gasteiger partial charge is 0.465 e. The van der Waals surface area contributed by atoms with E-state index in [1.165, 1.54) is 135 Å². The van der Waals surface area contributed by atoms with Crippen molar-refractivity contribution in [2.75, 3.05) is 58.6 Å². The normalized spacial score (nSPS) is 12.2. The van der Waals surface area contributed by atoms with E-state index in [-0.39, 0.29) is 18.5 Å². The van der Waals surface area contributed by atoms with Gasteiger partial charge in [0.15, 0.2) is 6.29 Å². The summed E-state index contributed by atoms with van der Waals surface area (Å²) in [5.41, 5.74) is 0. The monoisotopic (exact) mass is 848 g/mol. The second kappa shape index (κ2) is 56.6. The van der Waals surface area contributed by atoms with Crippen molar-refractivity contribution in [3.8, 4) is 0 Å². The van der Waals surface area contributed by atoms with Gasteiger partial charge in [0.1, 0.15) is 0 Å². The van der Waals surface area contributed by atoms with E-state index in [0.29, 0.717) is 13.2 Å². The SMILES string of the molecule is CCCCCCCCC(CCCCCC)C(=O)OCCCCCCN(CCCCO)CCCCCCO.CCCCCCCCCC(O)OCCCCCC.CSC. The number of esters is 1. The number of carbonyl (C=O) groups excluding carboxylic acids is 1. The van der Waals surface area contributed by atoms with Crippen LogP contribution < -0.4 is 0 Å². The molecule has 0 aromatic heterocycles. The Kier molecular flexibility index (Phi) is 60.4. The summed E-state index contributed by atoms with van der Waals surface area (Å²) < 4.78 is 11.1. The molecule has 8 heteroatoms. The van der Waals surface area contributed by atoms with Crippen molar-refractivity contribution in [3.05, 3.63) is 0 Å². The molecule has 0 heterocycles. The molecule has 352 valence electrons. The molecule has 0 radical (unpaired) electrons. The summed E-state index contributed by atoms with van der Waals surface area (Å²) in [5, 5.41) is 27.7. The van der Waals surface area contributed by atoms with E-state index in [4.69, 9.17) is 19.7 Å². The lowest BCUT2D eigenvalue weighted by atomic mass is 9.94. The molecule has 0 aliphatic heterocycles. The van der Waals surface area contributed by atoms with E-state index in [1.54, 1.807) is 11.8 Å². The van der Waals surface area contributed by atoms with Gasteiger partial charge in [0.2, 0.25) is 0 Å². The second-order valence-electron chi connectivity index (χ2n) is 16.8. The van der Waals surface area contributed by atoms with Crippen LogP contribution in [0.4, 0.5) is 0 Å². The van der Waals surface area contributed by atoms with E-state index in [0.717, 1.165) is 110 Å². The maximum Gasteiger partial charge on any atom is 0.308 e. The number of aliphatic hydroxyl groups is 3. The smallest absolute Gasteiger partial charge is 0.308 e. The van der Waals surface area contributed by atoms with Gasteiger partial charge in [-0.15, -0.1) is 0 Å². The minimum absolute atomic E-state index is 0.0568. The van der Waals surface area contributed by atoms with Crippen molar-refractivity contribution in [2.45, 2.75) is 252 Å². The first-order chi connectivity index (χ1) is 28.4. The van der Waals surface area contributed by atoms with Gasteiger partial charge in [0.05, 0.1) is 12.5 Å². The molecule has 3 N–H and O–H groups in total. The fourth-order valence-electron chi connectivity index (χ4n) is 7.14. The van der Waals surface area contributed by atoms with Crippen molar-refractivity contribution in [1.82, 2.24) is 4.90 Å². The molecule has 7 nitrogen and oxygen atoms in total. The molecule has 0 rings (SSSR count). The Hall–Kier alpha value is -0.380. The zero-order valence-electron chi connectivity index (χ0n) is 40.1. The van der Waals surface area contributed by atoms with Crippen LogP contribution in [0.25, 0.3) is 0 Å². The Morgan fingerprint density at radius 1 is 0.466 bits per heavy atom. The molecule has 0 aliphatic rings. The molecule has 2 atom stereocenters. The summed E-state index contributed by atoms with van der Waals surface area (Å²) in [4.78, 5) is 15.3. The molecular weight excluding hydrogens is 743 g/mol. The van der Waals surface area contributed by atoms with Gasteiger partial charge in [0.25, 0.3) is 0 Å². The van der Waals surface area contributed by atoms with Crippen LogP contribution in [0.15, 0.2) is 0 Å². The average Bonchev–Trinajstić information content (AvgIpc) is 3.22. The Labute approximate surface area is 367 Å². The Bertz CT molecular complexity index is 732. The van der Waals surface area contributed by atoms with Gasteiger partial charge < -0.3 is 29.7 Å². The quantitative estimate of drug-likeness (QED) is 0.0317. The average molecular weight is 848 g/mol. The Morgan fingerprint density at radius 3 is 1.28 bits per heavy atom. The van der Waals surface area contributed by atoms with Gasteiger partial charge in [-0.2, -0.15) is 11.8 Å². The number of nitrogens with zero attached hydrogens (tertiary/aromatic N) is 1. The van der Waals surface area contributed by atoms with Crippen LogP contribution in [0, 0.1) is 5.92 Å². The van der Waals surface area contributed by atoms with E-state index < -0.39 is 6.29 Å². The number of ether oxygens (including phenoxy) is 2. The molecule has 0 aromatic rings. The van der Waals surface area contributed by atoms with Crippen molar-refractivity contribution < 1.29 is 29.6 Å². The molecule has 0 bridgehead atoms. The molecule has 0 aromatic carbocycles. The highest BCUT2D eigenvalue weighted by atomic mass is 32.2. The van der Waals surface area contributed by atoms with Gasteiger partial charge in [-0.1, -0.05) is 175 Å². The summed E-state index contributed by atoms with van der Waals surface area (Å²) in [6.45, 7) is 14.1. The van der Waals surface area contributed by atoms with Crippen molar-refractivity contribution in [3.63, 3.8) is 0 Å². The summed E-state index contributed by atoms with van der Waals surface area (Å²) in [7, 11) is 0. The van der Waals surface area contributed by atoms with Crippen LogP contribution in [0.5, 0.6) is 0 Å². The summed E-state index contributed by atoms with van der Waals surface area (Å²) >= 11 is 1.75. The topological polar surface area (TPSA) is 99.5 Å². The lowest BCUT2D eigenvalue weighted by Crippen LogP contribution is -2.27. The standard InChI is InChI=1S/C32H65NO4.C16H34O2.C2H6S/c1-3-5-7-9-10-16-24-31(23-15-8-6-4-2)32(36)37-30-22-14-12-18-26-33(27-19-21-29-35)25-17-11-13-20-28-34;1-3-5-7-9-10-11-12-14-16(17)18-15-13-8-6-4-2;1-3-2/h31,34-35H,3-30H2,1-2H3;16-17H,3-15H2,1-2H3;1-2H3. The molecule has 0 aliphatic carbocycles. The van der Waals surface area contributed by atoms with Gasteiger partial charge >= 0.3 is 5.97 Å². The highest BCUT2D eigenvalue weighted by Crippen LogP contribution is 2.21. The van der Waals surface area contributed by atoms with E-state index >= 15 is 0 Å². The molecule has 0 amide bonds. The molecule has 0 saturated heterocycles. The number of aliphatic hydroxyl groups excluding tert-OH is 3. The van der Waals surface area contributed by atoms with E-state index in [1.807, 2.05) is 12.5 Å². The third kappa shape index (κ3) is 53.6.